The molecule has 0 aliphatic carbocycles. The first-order valence-corrected chi connectivity index (χ1v) is 4.57. The van der Waals surface area contributed by atoms with E-state index in [0.717, 1.165) is 18.6 Å². The van der Waals surface area contributed by atoms with E-state index < -0.39 is 0 Å². The fourth-order valence-electron chi connectivity index (χ4n) is 0.713. The molecule has 0 aromatic carbocycles. The third kappa shape index (κ3) is 9.66. The molecule has 2 heteroatoms. The molecule has 0 saturated heterocycles. The van der Waals surface area contributed by atoms with Gasteiger partial charge in [-0.2, -0.15) is 0 Å². The van der Waals surface area contributed by atoms with Crippen LogP contribution < -0.4 is 0 Å². The molecular weight excluding hydrogens is 152 g/mol. The van der Waals surface area contributed by atoms with Gasteiger partial charge in [0.25, 0.3) is 0 Å². The Morgan fingerprint density at radius 3 is 2.42 bits per heavy atom. The third-order valence-corrected chi connectivity index (χ3v) is 1.36. The van der Waals surface area contributed by atoms with Crippen molar-refractivity contribution < 1.29 is 9.47 Å². The summed E-state index contributed by atoms with van der Waals surface area (Å²) < 4.78 is 10.6. The Labute approximate surface area is 75.6 Å². The second kappa shape index (κ2) is 8.75. The lowest BCUT2D eigenvalue weighted by Gasteiger charge is -2.04. The van der Waals surface area contributed by atoms with Gasteiger partial charge < -0.3 is 9.47 Å². The third-order valence-electron chi connectivity index (χ3n) is 1.36. The Kier molecular flexibility index (Phi) is 8.51. The molecule has 0 heterocycles. The number of unbranched alkanes of at least 4 members (excludes halogenated alkanes) is 1. The molecule has 2 nitrogen and oxygen atoms in total. The van der Waals surface area contributed by atoms with Crippen molar-refractivity contribution in [1.29, 1.82) is 0 Å². The van der Waals surface area contributed by atoms with Crippen molar-refractivity contribution in [3.8, 4) is 0 Å². The predicted octanol–water partition coefficient (Wildman–Crippen LogP) is 2.40. The van der Waals surface area contributed by atoms with Crippen LogP contribution in [0.2, 0.25) is 0 Å². The van der Waals surface area contributed by atoms with E-state index in [0.29, 0.717) is 19.8 Å². The monoisotopic (exact) mass is 172 g/mol. The predicted molar refractivity (Wildman–Crippen MR) is 51.4 cm³/mol. The van der Waals surface area contributed by atoms with Crippen LogP contribution in [-0.2, 0) is 9.47 Å². The van der Waals surface area contributed by atoms with Gasteiger partial charge in [0.15, 0.2) is 0 Å². The van der Waals surface area contributed by atoms with E-state index in [-0.39, 0.29) is 0 Å². The van der Waals surface area contributed by atoms with E-state index in [1.807, 2.05) is 6.92 Å². The van der Waals surface area contributed by atoms with Gasteiger partial charge in [-0.1, -0.05) is 25.5 Å². The van der Waals surface area contributed by atoms with Gasteiger partial charge >= 0.3 is 0 Å². The van der Waals surface area contributed by atoms with Gasteiger partial charge in [-0.3, -0.25) is 0 Å². The zero-order valence-electron chi connectivity index (χ0n) is 8.27. The Bertz CT molecular complexity index is 110. The van der Waals surface area contributed by atoms with Gasteiger partial charge in [-0.25, -0.2) is 0 Å². The standard InChI is InChI=1S/C10H20O2/c1-4-5-6-11-7-8-12-9-10(2)3/h2,4-9H2,1,3H3. The second-order valence-electron chi connectivity index (χ2n) is 2.98. The Morgan fingerprint density at radius 1 is 1.17 bits per heavy atom. The molecule has 0 bridgehead atoms. The summed E-state index contributed by atoms with van der Waals surface area (Å²) in [7, 11) is 0. The fourth-order valence-corrected chi connectivity index (χ4v) is 0.713. The van der Waals surface area contributed by atoms with Crippen molar-refractivity contribution in [3.05, 3.63) is 12.2 Å². The molecule has 0 amide bonds. The van der Waals surface area contributed by atoms with Gasteiger partial charge in [-0.15, -0.1) is 0 Å². The molecule has 12 heavy (non-hydrogen) atoms. The number of rotatable bonds is 8. The highest BCUT2D eigenvalue weighted by Gasteiger charge is 1.89. The maximum atomic E-state index is 5.30. The minimum atomic E-state index is 0.650. The van der Waals surface area contributed by atoms with Crippen LogP contribution in [0.3, 0.4) is 0 Å². The molecule has 0 atom stereocenters. The molecule has 0 radical (unpaired) electrons. The molecular formula is C10H20O2. The molecule has 0 aliphatic heterocycles. The first-order valence-electron chi connectivity index (χ1n) is 4.57. The van der Waals surface area contributed by atoms with Crippen molar-refractivity contribution in [1.82, 2.24) is 0 Å². The van der Waals surface area contributed by atoms with Crippen molar-refractivity contribution in [3.63, 3.8) is 0 Å². The van der Waals surface area contributed by atoms with Crippen molar-refractivity contribution in [2.45, 2.75) is 26.7 Å². The number of hydrogen-bond acceptors (Lipinski definition) is 2. The summed E-state index contributed by atoms with van der Waals surface area (Å²) in [5, 5.41) is 0. The molecule has 0 N–H and O–H groups in total. The van der Waals surface area contributed by atoms with Gasteiger partial charge in [0.05, 0.1) is 19.8 Å². The molecule has 0 aliphatic rings. The van der Waals surface area contributed by atoms with Gasteiger partial charge in [0.1, 0.15) is 0 Å². The number of hydrogen-bond donors (Lipinski definition) is 0. The van der Waals surface area contributed by atoms with E-state index in [2.05, 4.69) is 13.5 Å². The lowest BCUT2D eigenvalue weighted by molar-refractivity contribution is 0.0552. The Balaban J connectivity index is 2.86. The maximum absolute atomic E-state index is 5.30. The summed E-state index contributed by atoms with van der Waals surface area (Å²) in [5.74, 6) is 0. The summed E-state index contributed by atoms with van der Waals surface area (Å²) in [6, 6.07) is 0. The maximum Gasteiger partial charge on any atom is 0.0704 e. The average molecular weight is 172 g/mol. The summed E-state index contributed by atoms with van der Waals surface area (Å²) >= 11 is 0. The van der Waals surface area contributed by atoms with Crippen LogP contribution in [0, 0.1) is 0 Å². The van der Waals surface area contributed by atoms with Crippen molar-refractivity contribution in [2.24, 2.45) is 0 Å². The quantitative estimate of drug-likeness (QED) is 0.413. The molecule has 0 saturated carbocycles. The summed E-state index contributed by atoms with van der Waals surface area (Å²) in [6.07, 6.45) is 2.33. The SMILES string of the molecule is C=C(C)COCCOCCCC. The van der Waals surface area contributed by atoms with E-state index >= 15 is 0 Å². The Hall–Kier alpha value is -0.340. The van der Waals surface area contributed by atoms with Crippen LogP contribution in [0.4, 0.5) is 0 Å². The molecule has 0 aromatic heterocycles. The molecule has 0 spiro atoms. The highest BCUT2D eigenvalue weighted by molar-refractivity contribution is 4.87. The molecule has 0 aromatic rings. The summed E-state index contributed by atoms with van der Waals surface area (Å²) in [5.41, 5.74) is 1.06. The molecule has 0 unspecified atom stereocenters. The lowest BCUT2D eigenvalue weighted by atomic mass is 10.4. The van der Waals surface area contributed by atoms with E-state index in [1.165, 1.54) is 6.42 Å². The van der Waals surface area contributed by atoms with E-state index in [4.69, 9.17) is 9.47 Å². The van der Waals surface area contributed by atoms with Crippen LogP contribution in [0.15, 0.2) is 12.2 Å². The molecule has 72 valence electrons. The molecule has 0 rings (SSSR count). The normalized spacial score (nSPS) is 10.2. The minimum absolute atomic E-state index is 0.650. The second-order valence-corrected chi connectivity index (χ2v) is 2.98. The summed E-state index contributed by atoms with van der Waals surface area (Å²) in [4.78, 5) is 0. The first-order chi connectivity index (χ1) is 5.77. The van der Waals surface area contributed by atoms with E-state index in [1.54, 1.807) is 0 Å². The minimum Gasteiger partial charge on any atom is -0.379 e. The van der Waals surface area contributed by atoms with Gasteiger partial charge in [0, 0.05) is 6.61 Å². The van der Waals surface area contributed by atoms with Crippen LogP contribution in [0.1, 0.15) is 26.7 Å². The van der Waals surface area contributed by atoms with Crippen LogP contribution in [0.5, 0.6) is 0 Å². The largest absolute Gasteiger partial charge is 0.379 e. The van der Waals surface area contributed by atoms with Gasteiger partial charge in [0.2, 0.25) is 0 Å². The summed E-state index contributed by atoms with van der Waals surface area (Å²) in [6.45, 7) is 10.7. The Morgan fingerprint density at radius 2 is 1.83 bits per heavy atom. The fraction of sp³-hybridized carbons (Fsp3) is 0.800. The van der Waals surface area contributed by atoms with Crippen LogP contribution >= 0.6 is 0 Å². The lowest BCUT2D eigenvalue weighted by Crippen LogP contribution is -2.06. The van der Waals surface area contributed by atoms with Crippen molar-refractivity contribution in [2.75, 3.05) is 26.4 Å². The highest BCUT2D eigenvalue weighted by Crippen LogP contribution is 1.90. The zero-order valence-corrected chi connectivity index (χ0v) is 8.27. The average Bonchev–Trinajstić information content (AvgIpc) is 2.02. The van der Waals surface area contributed by atoms with Crippen LogP contribution in [0.25, 0.3) is 0 Å². The zero-order chi connectivity index (χ0) is 9.23. The molecule has 0 fully saturated rings. The topological polar surface area (TPSA) is 18.5 Å². The highest BCUT2D eigenvalue weighted by atomic mass is 16.5. The van der Waals surface area contributed by atoms with E-state index in [9.17, 15) is 0 Å². The van der Waals surface area contributed by atoms with Gasteiger partial charge in [-0.05, 0) is 13.3 Å². The van der Waals surface area contributed by atoms with Crippen LogP contribution in [-0.4, -0.2) is 26.4 Å². The first kappa shape index (κ1) is 11.7. The van der Waals surface area contributed by atoms with Crippen molar-refractivity contribution >= 4 is 0 Å². The smallest absolute Gasteiger partial charge is 0.0704 e. The number of ether oxygens (including phenoxy) is 2.